The molecule has 8 nitrogen and oxygen atoms in total. The van der Waals surface area contributed by atoms with Gasteiger partial charge in [0.2, 0.25) is 0 Å². The Labute approximate surface area is 184 Å². The molecule has 0 unspecified atom stereocenters. The van der Waals surface area contributed by atoms with Crippen LogP contribution in [-0.4, -0.2) is 53.7 Å². The van der Waals surface area contributed by atoms with Crippen molar-refractivity contribution < 1.29 is 23.9 Å². The summed E-state index contributed by atoms with van der Waals surface area (Å²) in [5, 5.41) is 2.31. The van der Waals surface area contributed by atoms with Crippen LogP contribution in [0.1, 0.15) is 28.7 Å². The molecule has 0 spiro atoms. The number of rotatable bonds is 8. The summed E-state index contributed by atoms with van der Waals surface area (Å²) in [5.74, 6) is 0.398. The summed E-state index contributed by atoms with van der Waals surface area (Å²) in [7, 11) is 1.54. The van der Waals surface area contributed by atoms with Crippen molar-refractivity contribution in [1.29, 1.82) is 0 Å². The number of amides is 3. The minimum atomic E-state index is -0.397. The summed E-state index contributed by atoms with van der Waals surface area (Å²) in [6.07, 6.45) is 1.64. The fourth-order valence-corrected chi connectivity index (χ4v) is 3.80. The second-order valence-corrected chi connectivity index (χ2v) is 7.59. The summed E-state index contributed by atoms with van der Waals surface area (Å²) in [4.78, 5) is 42.7. The number of carbonyl (C=O) groups is 3. The molecule has 1 aromatic heterocycles. The molecule has 3 amide bonds. The number of nitrogens with zero attached hydrogens (tertiary/aromatic N) is 2. The first-order valence-corrected chi connectivity index (χ1v) is 10.5. The van der Waals surface area contributed by atoms with Gasteiger partial charge in [0.05, 0.1) is 18.6 Å². The fourth-order valence-electron chi connectivity index (χ4n) is 2.93. The highest BCUT2D eigenvalue weighted by Crippen LogP contribution is 2.34. The van der Waals surface area contributed by atoms with E-state index < -0.39 is 5.91 Å². The Kier molecular flexibility index (Phi) is 7.30. The van der Waals surface area contributed by atoms with Gasteiger partial charge in [-0.15, -0.1) is 0 Å². The number of methoxy groups -OCH3 is 1. The second kappa shape index (κ2) is 10.1. The quantitative estimate of drug-likeness (QED) is 0.628. The molecule has 0 bridgehead atoms. The van der Waals surface area contributed by atoms with Crippen LogP contribution >= 0.6 is 11.8 Å². The van der Waals surface area contributed by atoms with Crippen molar-refractivity contribution >= 4 is 34.9 Å². The Bertz CT molecular complexity index is 1040. The van der Waals surface area contributed by atoms with Crippen LogP contribution in [-0.2, 0) is 4.79 Å². The number of benzene rings is 1. The number of imide groups is 1. The molecule has 0 saturated carbocycles. The first-order valence-electron chi connectivity index (χ1n) is 9.71. The zero-order valence-corrected chi connectivity index (χ0v) is 18.3. The van der Waals surface area contributed by atoms with Crippen molar-refractivity contribution in [3.05, 3.63) is 58.3 Å². The SMILES string of the molecule is CCOc1ccc(/C=C2\SC(=O)N(CCNC(=O)c3cccc(C)n3)C2=O)cc1OC. The van der Waals surface area contributed by atoms with Gasteiger partial charge in [-0.2, -0.15) is 0 Å². The van der Waals surface area contributed by atoms with Gasteiger partial charge in [0, 0.05) is 18.8 Å². The monoisotopic (exact) mass is 441 g/mol. The van der Waals surface area contributed by atoms with Crippen molar-refractivity contribution in [2.75, 3.05) is 26.8 Å². The largest absolute Gasteiger partial charge is 0.493 e. The molecule has 0 aliphatic carbocycles. The van der Waals surface area contributed by atoms with Crippen LogP contribution in [0, 0.1) is 6.92 Å². The van der Waals surface area contributed by atoms with Crippen molar-refractivity contribution in [2.45, 2.75) is 13.8 Å². The molecule has 0 radical (unpaired) electrons. The molecule has 1 saturated heterocycles. The lowest BCUT2D eigenvalue weighted by atomic mass is 10.2. The van der Waals surface area contributed by atoms with Gasteiger partial charge in [-0.3, -0.25) is 19.3 Å². The third-order valence-electron chi connectivity index (χ3n) is 4.40. The summed E-state index contributed by atoms with van der Waals surface area (Å²) in [6, 6.07) is 10.4. The zero-order chi connectivity index (χ0) is 22.4. The first kappa shape index (κ1) is 22.4. The normalized spacial score (nSPS) is 14.8. The number of aryl methyl sites for hydroxylation is 1. The maximum absolute atomic E-state index is 12.7. The average molecular weight is 442 g/mol. The van der Waals surface area contributed by atoms with Gasteiger partial charge in [-0.1, -0.05) is 12.1 Å². The summed E-state index contributed by atoms with van der Waals surface area (Å²) >= 11 is 0.863. The highest BCUT2D eigenvalue weighted by molar-refractivity contribution is 8.18. The van der Waals surface area contributed by atoms with Gasteiger partial charge in [0.15, 0.2) is 11.5 Å². The van der Waals surface area contributed by atoms with E-state index in [0.29, 0.717) is 34.3 Å². The average Bonchev–Trinajstić information content (AvgIpc) is 3.02. The highest BCUT2D eigenvalue weighted by atomic mass is 32.2. The van der Waals surface area contributed by atoms with Gasteiger partial charge in [-0.05, 0) is 61.5 Å². The van der Waals surface area contributed by atoms with Crippen molar-refractivity contribution in [3.8, 4) is 11.5 Å². The predicted molar refractivity (Wildman–Crippen MR) is 118 cm³/mol. The van der Waals surface area contributed by atoms with Gasteiger partial charge < -0.3 is 14.8 Å². The lowest BCUT2D eigenvalue weighted by molar-refractivity contribution is -0.122. The number of nitrogens with one attached hydrogen (secondary N) is 1. The predicted octanol–water partition coefficient (Wildman–Crippen LogP) is 3.26. The van der Waals surface area contributed by atoms with E-state index in [2.05, 4.69) is 10.3 Å². The highest BCUT2D eigenvalue weighted by Gasteiger charge is 2.34. The number of carbonyl (C=O) groups excluding carboxylic acids is 3. The van der Waals surface area contributed by atoms with Crippen LogP contribution in [0.25, 0.3) is 6.08 Å². The van der Waals surface area contributed by atoms with Gasteiger partial charge >= 0.3 is 0 Å². The molecule has 2 aromatic rings. The van der Waals surface area contributed by atoms with Crippen LogP contribution in [0.15, 0.2) is 41.3 Å². The molecule has 1 aliphatic heterocycles. The molecule has 1 aromatic carbocycles. The second-order valence-electron chi connectivity index (χ2n) is 6.60. The molecule has 1 N–H and O–H groups in total. The maximum Gasteiger partial charge on any atom is 0.293 e. The van der Waals surface area contributed by atoms with E-state index in [1.165, 1.54) is 7.11 Å². The molecular formula is C22H23N3O5S. The van der Waals surface area contributed by atoms with E-state index in [1.54, 1.807) is 49.4 Å². The number of hydrogen-bond acceptors (Lipinski definition) is 7. The lowest BCUT2D eigenvalue weighted by Crippen LogP contribution is -2.37. The van der Waals surface area contributed by atoms with Gasteiger partial charge in [0.25, 0.3) is 17.1 Å². The van der Waals surface area contributed by atoms with E-state index >= 15 is 0 Å². The van der Waals surface area contributed by atoms with E-state index in [0.717, 1.165) is 22.4 Å². The van der Waals surface area contributed by atoms with Crippen molar-refractivity contribution in [2.24, 2.45) is 0 Å². The lowest BCUT2D eigenvalue weighted by Gasteiger charge is -2.13. The molecule has 162 valence electrons. The van der Waals surface area contributed by atoms with Crippen LogP contribution in [0.3, 0.4) is 0 Å². The van der Waals surface area contributed by atoms with E-state index in [4.69, 9.17) is 9.47 Å². The van der Waals surface area contributed by atoms with E-state index in [9.17, 15) is 14.4 Å². The Morgan fingerprint density at radius 3 is 2.74 bits per heavy atom. The fraction of sp³-hybridized carbons (Fsp3) is 0.273. The molecule has 31 heavy (non-hydrogen) atoms. The van der Waals surface area contributed by atoms with Crippen molar-refractivity contribution in [3.63, 3.8) is 0 Å². The third-order valence-corrected chi connectivity index (χ3v) is 5.31. The van der Waals surface area contributed by atoms with Crippen LogP contribution < -0.4 is 14.8 Å². The summed E-state index contributed by atoms with van der Waals surface area (Å²) in [5.41, 5.74) is 1.73. The Morgan fingerprint density at radius 1 is 1.23 bits per heavy atom. The van der Waals surface area contributed by atoms with Crippen LogP contribution in [0.2, 0.25) is 0 Å². The molecule has 9 heteroatoms. The molecule has 0 atom stereocenters. The molecule has 1 aliphatic rings. The number of aromatic nitrogens is 1. The minimum Gasteiger partial charge on any atom is -0.493 e. The maximum atomic E-state index is 12.7. The first-order chi connectivity index (χ1) is 14.9. The smallest absolute Gasteiger partial charge is 0.293 e. The van der Waals surface area contributed by atoms with E-state index in [-0.39, 0.29) is 24.2 Å². The third kappa shape index (κ3) is 5.43. The topological polar surface area (TPSA) is 97.8 Å². The van der Waals surface area contributed by atoms with Gasteiger partial charge in [0.1, 0.15) is 5.69 Å². The van der Waals surface area contributed by atoms with Crippen LogP contribution in [0.5, 0.6) is 11.5 Å². The standard InChI is InChI=1S/C22H23N3O5S/c1-4-30-17-9-8-15(12-18(17)29-3)13-19-21(27)25(22(28)31-19)11-10-23-20(26)16-7-5-6-14(2)24-16/h5-9,12-13H,4,10-11H2,1-3H3,(H,23,26)/b19-13-. The molecular weight excluding hydrogens is 418 g/mol. The van der Waals surface area contributed by atoms with Gasteiger partial charge in [-0.25, -0.2) is 4.98 Å². The van der Waals surface area contributed by atoms with Crippen LogP contribution in [0.4, 0.5) is 4.79 Å². The Morgan fingerprint density at radius 2 is 2.03 bits per heavy atom. The molecule has 1 fully saturated rings. The number of pyridine rings is 1. The number of hydrogen-bond donors (Lipinski definition) is 1. The molecule has 3 rings (SSSR count). The minimum absolute atomic E-state index is 0.0756. The van der Waals surface area contributed by atoms with Crippen molar-refractivity contribution in [1.82, 2.24) is 15.2 Å². The summed E-state index contributed by atoms with van der Waals surface area (Å²) in [6.45, 7) is 4.39. The van der Waals surface area contributed by atoms with E-state index in [1.807, 2.05) is 6.92 Å². The Balaban J connectivity index is 1.63. The number of thioether (sulfide) groups is 1. The Hall–Kier alpha value is -3.33. The molecule has 2 heterocycles. The zero-order valence-electron chi connectivity index (χ0n) is 17.5. The number of ether oxygens (including phenoxy) is 2. The summed E-state index contributed by atoms with van der Waals surface area (Å²) < 4.78 is 10.8.